The van der Waals surface area contributed by atoms with E-state index in [1.807, 2.05) is 18.2 Å². The number of methoxy groups -OCH3 is 1. The number of amides is 1. The topological polar surface area (TPSA) is 97.5 Å². The van der Waals surface area contributed by atoms with Crippen molar-refractivity contribution in [3.8, 4) is 22.8 Å². The smallest absolute Gasteiger partial charge is 0.255 e. The summed E-state index contributed by atoms with van der Waals surface area (Å²) in [4.78, 5) is 21.1. The maximum Gasteiger partial charge on any atom is 0.255 e. The molecule has 6 rings (SSSR count). The van der Waals surface area contributed by atoms with Crippen LogP contribution in [0.1, 0.15) is 42.7 Å². The Kier molecular flexibility index (Phi) is 5.42. The summed E-state index contributed by atoms with van der Waals surface area (Å²) in [5, 5.41) is 7.02. The van der Waals surface area contributed by atoms with Gasteiger partial charge in [0.25, 0.3) is 5.91 Å². The number of fused-ring (bicyclic) bond motifs is 2. The van der Waals surface area contributed by atoms with Crippen LogP contribution in [-0.2, 0) is 10.2 Å². The van der Waals surface area contributed by atoms with Gasteiger partial charge in [-0.05, 0) is 31.0 Å². The largest absolute Gasteiger partial charge is 0.493 e. The van der Waals surface area contributed by atoms with Crippen molar-refractivity contribution in [1.82, 2.24) is 15.3 Å². The fourth-order valence-corrected chi connectivity index (χ4v) is 5.33. The molecule has 1 saturated carbocycles. The molecule has 1 unspecified atom stereocenters. The number of carbonyl (C=O) groups excluding carboxylic acids is 1. The second-order valence-electron chi connectivity index (χ2n) is 10.5. The number of halogens is 1. The Balaban J connectivity index is 1.46. The Morgan fingerprint density at radius 1 is 1.28 bits per heavy atom. The Labute approximate surface area is 214 Å². The molecule has 2 aliphatic heterocycles. The zero-order valence-corrected chi connectivity index (χ0v) is 21.3. The van der Waals surface area contributed by atoms with Crippen LogP contribution < -0.4 is 20.1 Å². The lowest BCUT2D eigenvalue weighted by Gasteiger charge is -2.43. The van der Waals surface area contributed by atoms with Gasteiger partial charge in [-0.1, -0.05) is 31.5 Å². The number of nitrogens with zero attached hydrogens (tertiary/aromatic N) is 1. The number of hydrogen-bond acceptors (Lipinski definition) is 6. The van der Waals surface area contributed by atoms with Crippen molar-refractivity contribution in [2.24, 2.45) is 5.41 Å². The number of aromatic nitrogens is 2. The molecular weight excluding hydrogens is 480 g/mol. The minimum Gasteiger partial charge on any atom is -0.493 e. The quantitative estimate of drug-likeness (QED) is 0.412. The molecule has 3 aliphatic rings. The molecule has 1 atom stereocenters. The SMILES string of the molecule is COc1c(Cl)cccc1Nc1c(-c2ccncc2OCC2OCC2(C)C)[nH]c2c1C(=O)NCC21CC1. The molecule has 3 N–H and O–H groups in total. The molecule has 1 spiro atoms. The van der Waals surface area contributed by atoms with E-state index < -0.39 is 0 Å². The first-order chi connectivity index (χ1) is 17.3. The van der Waals surface area contributed by atoms with Gasteiger partial charge in [-0.25, -0.2) is 0 Å². The van der Waals surface area contributed by atoms with Crippen LogP contribution in [0.15, 0.2) is 36.7 Å². The number of rotatable bonds is 7. The molecule has 4 heterocycles. The second-order valence-corrected chi connectivity index (χ2v) is 10.9. The van der Waals surface area contributed by atoms with Crippen LogP contribution in [0.2, 0.25) is 5.02 Å². The number of ether oxygens (including phenoxy) is 3. The van der Waals surface area contributed by atoms with E-state index in [1.165, 1.54) is 0 Å². The van der Waals surface area contributed by atoms with Gasteiger partial charge in [0.05, 0.1) is 53.7 Å². The van der Waals surface area contributed by atoms with Gasteiger partial charge < -0.3 is 29.8 Å². The van der Waals surface area contributed by atoms with E-state index in [4.69, 9.17) is 25.8 Å². The molecule has 0 bridgehead atoms. The Morgan fingerprint density at radius 2 is 2.11 bits per heavy atom. The third-order valence-corrected chi connectivity index (χ3v) is 7.90. The summed E-state index contributed by atoms with van der Waals surface area (Å²) in [5.41, 5.74) is 4.47. The minimum absolute atomic E-state index is 0.0104. The van der Waals surface area contributed by atoms with Gasteiger partial charge in [0.15, 0.2) is 5.75 Å². The standard InChI is InChI=1S/C27H29ClN4O4/c1-26(2)14-36-19(26)12-35-18-11-29-10-7-15(18)21-22(31-17-6-4-5-16(28)23(17)34-3)20-24(32-21)27(8-9-27)13-30-25(20)33/h4-7,10-11,19,31-32H,8-9,12-14H2,1-3H3,(H,30,33). The zero-order chi connectivity index (χ0) is 25.1. The highest BCUT2D eigenvalue weighted by Crippen LogP contribution is 2.54. The van der Waals surface area contributed by atoms with Gasteiger partial charge in [-0.15, -0.1) is 0 Å². The Bertz CT molecular complexity index is 1350. The van der Waals surface area contributed by atoms with Crippen LogP contribution in [0.5, 0.6) is 11.5 Å². The van der Waals surface area contributed by atoms with E-state index >= 15 is 0 Å². The number of hydrogen-bond donors (Lipinski definition) is 3. The summed E-state index contributed by atoms with van der Waals surface area (Å²) >= 11 is 6.40. The summed E-state index contributed by atoms with van der Waals surface area (Å²) in [5.74, 6) is 1.01. The first-order valence-electron chi connectivity index (χ1n) is 12.2. The monoisotopic (exact) mass is 508 g/mol. The maximum atomic E-state index is 13.2. The fourth-order valence-electron chi connectivity index (χ4n) is 5.08. The first-order valence-corrected chi connectivity index (χ1v) is 12.5. The Morgan fingerprint density at radius 3 is 2.81 bits per heavy atom. The minimum atomic E-state index is -0.116. The van der Waals surface area contributed by atoms with Gasteiger partial charge in [-0.2, -0.15) is 0 Å². The summed E-state index contributed by atoms with van der Waals surface area (Å²) in [6, 6.07) is 7.39. The zero-order valence-electron chi connectivity index (χ0n) is 20.5. The third-order valence-electron chi connectivity index (χ3n) is 7.60. The molecular formula is C27H29ClN4O4. The van der Waals surface area contributed by atoms with E-state index in [-0.39, 0.29) is 22.8 Å². The number of carbonyl (C=O) groups is 1. The van der Waals surface area contributed by atoms with Gasteiger partial charge >= 0.3 is 0 Å². The van der Waals surface area contributed by atoms with Crippen LogP contribution in [-0.4, -0.2) is 48.8 Å². The van der Waals surface area contributed by atoms with Crippen LogP contribution in [0.4, 0.5) is 11.4 Å². The van der Waals surface area contributed by atoms with E-state index in [0.29, 0.717) is 46.6 Å². The lowest BCUT2D eigenvalue weighted by atomic mass is 9.83. The normalized spacial score (nSPS) is 20.8. The molecule has 8 nitrogen and oxygen atoms in total. The summed E-state index contributed by atoms with van der Waals surface area (Å²) in [6.45, 7) is 6.11. The molecule has 1 amide bonds. The van der Waals surface area contributed by atoms with Crippen molar-refractivity contribution in [2.75, 3.05) is 32.2 Å². The predicted molar refractivity (Wildman–Crippen MR) is 138 cm³/mol. The number of para-hydroxylation sites is 1. The number of aromatic amines is 1. The highest BCUT2D eigenvalue weighted by atomic mass is 35.5. The number of benzene rings is 1. The van der Waals surface area contributed by atoms with E-state index in [9.17, 15) is 4.79 Å². The summed E-state index contributed by atoms with van der Waals surface area (Å²) < 4.78 is 17.5. The summed E-state index contributed by atoms with van der Waals surface area (Å²) in [6.07, 6.45) is 5.48. The summed E-state index contributed by atoms with van der Waals surface area (Å²) in [7, 11) is 1.57. The molecule has 9 heteroatoms. The van der Waals surface area contributed by atoms with Gasteiger partial charge in [0.2, 0.25) is 0 Å². The van der Waals surface area contributed by atoms with Gasteiger partial charge in [0.1, 0.15) is 12.4 Å². The highest BCUT2D eigenvalue weighted by Gasteiger charge is 2.52. The second kappa shape index (κ2) is 8.42. The Hall–Kier alpha value is -3.23. The van der Waals surface area contributed by atoms with Crippen molar-refractivity contribution >= 4 is 28.9 Å². The lowest BCUT2D eigenvalue weighted by Crippen LogP contribution is -2.50. The average molecular weight is 509 g/mol. The fraction of sp³-hybridized carbons (Fsp3) is 0.407. The lowest BCUT2D eigenvalue weighted by molar-refractivity contribution is -0.180. The average Bonchev–Trinajstić information content (AvgIpc) is 3.54. The number of anilines is 2. The van der Waals surface area contributed by atoms with Gasteiger partial charge in [-0.3, -0.25) is 9.78 Å². The predicted octanol–water partition coefficient (Wildman–Crippen LogP) is 5.06. The third kappa shape index (κ3) is 3.71. The molecule has 2 fully saturated rings. The van der Waals surface area contributed by atoms with Crippen molar-refractivity contribution in [3.05, 3.63) is 52.9 Å². The van der Waals surface area contributed by atoms with Crippen molar-refractivity contribution in [3.63, 3.8) is 0 Å². The van der Waals surface area contributed by atoms with E-state index in [1.54, 1.807) is 25.6 Å². The number of nitrogens with one attached hydrogen (secondary N) is 3. The molecule has 1 saturated heterocycles. The molecule has 0 radical (unpaired) electrons. The first kappa shape index (κ1) is 23.2. The van der Waals surface area contributed by atoms with Crippen LogP contribution >= 0.6 is 11.6 Å². The maximum absolute atomic E-state index is 13.2. The van der Waals surface area contributed by atoms with E-state index in [2.05, 4.69) is 34.4 Å². The van der Waals surface area contributed by atoms with Crippen LogP contribution in [0.25, 0.3) is 11.3 Å². The molecule has 3 aromatic rings. The van der Waals surface area contributed by atoms with Crippen LogP contribution in [0, 0.1) is 5.41 Å². The molecule has 1 aliphatic carbocycles. The van der Waals surface area contributed by atoms with Crippen molar-refractivity contribution in [1.29, 1.82) is 0 Å². The number of H-pyrrole nitrogens is 1. The van der Waals surface area contributed by atoms with Gasteiger partial charge in [0, 0.05) is 34.8 Å². The van der Waals surface area contributed by atoms with E-state index in [0.717, 1.165) is 36.4 Å². The number of pyridine rings is 1. The molecule has 2 aromatic heterocycles. The molecule has 188 valence electrons. The van der Waals surface area contributed by atoms with Crippen molar-refractivity contribution < 1.29 is 19.0 Å². The highest BCUT2D eigenvalue weighted by molar-refractivity contribution is 6.32. The van der Waals surface area contributed by atoms with Crippen molar-refractivity contribution in [2.45, 2.75) is 38.2 Å². The molecule has 36 heavy (non-hydrogen) atoms. The molecule has 1 aromatic carbocycles. The van der Waals surface area contributed by atoms with Crippen LogP contribution in [0.3, 0.4) is 0 Å².